The molecule has 0 aliphatic rings. The molecule has 2 aromatic heterocycles. The smallest absolute Gasteiger partial charge is 0.150 e. The van der Waals surface area contributed by atoms with Crippen LogP contribution in [0.1, 0.15) is 64.3 Å². The second kappa shape index (κ2) is 9.84. The van der Waals surface area contributed by atoms with Crippen LogP contribution in [0.3, 0.4) is 0 Å². The summed E-state index contributed by atoms with van der Waals surface area (Å²) in [5.41, 5.74) is 2.55. The van der Waals surface area contributed by atoms with Crippen LogP contribution in [0, 0.1) is 0 Å². The van der Waals surface area contributed by atoms with Crippen LogP contribution in [0.15, 0.2) is 55.1 Å². The van der Waals surface area contributed by atoms with Crippen molar-refractivity contribution in [1.82, 2.24) is 19.9 Å². The summed E-state index contributed by atoms with van der Waals surface area (Å²) in [6.45, 7) is 21.5. The van der Waals surface area contributed by atoms with E-state index in [1.807, 2.05) is 36.9 Å². The first-order chi connectivity index (χ1) is 15.6. The highest BCUT2D eigenvalue weighted by atomic mass is 31.1. The molecule has 0 saturated carbocycles. The predicted molar refractivity (Wildman–Crippen MR) is 153 cm³/mol. The van der Waals surface area contributed by atoms with Crippen molar-refractivity contribution in [3.8, 4) is 0 Å². The third-order valence-corrected chi connectivity index (χ3v) is 13.0. The first kappa shape index (κ1) is 27.1. The standard InChI is InChI=1S/C27H40N4P2Si/c1-25(2,3)33(26(4,5)6)19-20-12-13-21(34(7,8)9)18-22(20)27(32,23-28-14-10-15-29-23)24-30-16-11-17-31-24/h10-18H,19,32H2,1-9H3. The maximum Gasteiger partial charge on any atom is 0.150 e. The Morgan fingerprint density at radius 1 is 0.765 bits per heavy atom. The Morgan fingerprint density at radius 3 is 1.59 bits per heavy atom. The Kier molecular flexibility index (Phi) is 7.83. The second-order valence-electron chi connectivity index (χ2n) is 12.0. The fourth-order valence-corrected chi connectivity index (χ4v) is 9.85. The van der Waals surface area contributed by atoms with Gasteiger partial charge in [-0.3, -0.25) is 0 Å². The van der Waals surface area contributed by atoms with Crippen LogP contribution in [0.5, 0.6) is 0 Å². The zero-order valence-electron chi connectivity index (χ0n) is 22.2. The van der Waals surface area contributed by atoms with Crippen LogP contribution >= 0.6 is 17.2 Å². The van der Waals surface area contributed by atoms with Crippen LogP contribution in [0.25, 0.3) is 0 Å². The normalized spacial score (nSPS) is 13.4. The van der Waals surface area contributed by atoms with E-state index in [4.69, 9.17) is 19.9 Å². The molecule has 3 rings (SSSR count). The zero-order chi connectivity index (χ0) is 25.4. The van der Waals surface area contributed by atoms with Crippen molar-refractivity contribution in [3.05, 3.63) is 77.9 Å². The molecule has 0 aliphatic carbocycles. The highest BCUT2D eigenvalue weighted by Gasteiger charge is 2.42. The first-order valence-corrected chi connectivity index (χ1v) is 17.5. The minimum absolute atomic E-state index is 0.221. The molecule has 1 aromatic carbocycles. The van der Waals surface area contributed by atoms with E-state index in [-0.39, 0.29) is 18.2 Å². The predicted octanol–water partition coefficient (Wildman–Crippen LogP) is 6.56. The molecule has 0 bridgehead atoms. The van der Waals surface area contributed by atoms with Gasteiger partial charge in [-0.1, -0.05) is 92.5 Å². The van der Waals surface area contributed by atoms with Gasteiger partial charge in [0.25, 0.3) is 0 Å². The maximum absolute atomic E-state index is 4.72. The van der Waals surface area contributed by atoms with Gasteiger partial charge < -0.3 is 0 Å². The zero-order valence-corrected chi connectivity index (χ0v) is 25.3. The van der Waals surface area contributed by atoms with Crippen LogP contribution < -0.4 is 5.19 Å². The van der Waals surface area contributed by atoms with E-state index in [0.29, 0.717) is 11.6 Å². The van der Waals surface area contributed by atoms with Gasteiger partial charge in [-0.15, -0.1) is 9.24 Å². The summed E-state index contributed by atoms with van der Waals surface area (Å²) >= 11 is 0. The van der Waals surface area contributed by atoms with E-state index < -0.39 is 13.2 Å². The summed E-state index contributed by atoms with van der Waals surface area (Å²) in [7, 11) is 1.15. The lowest BCUT2D eigenvalue weighted by Gasteiger charge is -2.43. The van der Waals surface area contributed by atoms with Gasteiger partial charge in [-0.2, -0.15) is 0 Å². The summed E-state index contributed by atoms with van der Waals surface area (Å²) in [4.78, 5) is 18.9. The Hall–Kier alpha value is -1.54. The van der Waals surface area contributed by atoms with Crippen molar-refractivity contribution in [1.29, 1.82) is 0 Å². The van der Waals surface area contributed by atoms with Gasteiger partial charge in [0.15, 0.2) is 0 Å². The summed E-state index contributed by atoms with van der Waals surface area (Å²) in [6, 6.07) is 10.8. The van der Waals surface area contributed by atoms with Gasteiger partial charge in [0.05, 0.1) is 8.07 Å². The van der Waals surface area contributed by atoms with Crippen molar-refractivity contribution >= 4 is 30.4 Å². The highest BCUT2D eigenvalue weighted by Crippen LogP contribution is 2.62. The molecule has 3 aromatic rings. The van der Waals surface area contributed by atoms with Crippen molar-refractivity contribution in [2.24, 2.45) is 0 Å². The SMILES string of the molecule is CC(C)(C)P(Cc1ccc([Si](C)(C)C)cc1C(P)(c1ncccn1)c1ncccn1)C(C)(C)C. The summed E-state index contributed by atoms with van der Waals surface area (Å²) in [5, 5.41) is 1.13. The molecule has 2 heterocycles. The highest BCUT2D eigenvalue weighted by molar-refractivity contribution is 7.60. The molecule has 7 heteroatoms. The number of hydrogen-bond acceptors (Lipinski definition) is 4. The molecule has 0 amide bonds. The molecule has 0 N–H and O–H groups in total. The molecule has 1 atom stereocenters. The van der Waals surface area contributed by atoms with E-state index >= 15 is 0 Å². The van der Waals surface area contributed by atoms with Crippen molar-refractivity contribution in [2.45, 2.75) is 82.8 Å². The van der Waals surface area contributed by atoms with Gasteiger partial charge >= 0.3 is 0 Å². The molecule has 182 valence electrons. The summed E-state index contributed by atoms with van der Waals surface area (Å²) in [5.74, 6) is 1.41. The van der Waals surface area contributed by atoms with Gasteiger partial charge in [-0.05, 0) is 39.7 Å². The van der Waals surface area contributed by atoms with Crippen LogP contribution in [-0.2, 0) is 11.3 Å². The van der Waals surface area contributed by atoms with Crippen molar-refractivity contribution < 1.29 is 0 Å². The number of nitrogens with zero attached hydrogens (tertiary/aromatic N) is 4. The number of rotatable bonds is 6. The average Bonchev–Trinajstić information content (AvgIpc) is 2.76. The molecule has 0 radical (unpaired) electrons. The monoisotopic (exact) mass is 510 g/mol. The minimum atomic E-state index is -1.57. The van der Waals surface area contributed by atoms with Gasteiger partial charge in [-0.25, -0.2) is 19.9 Å². The first-order valence-electron chi connectivity index (χ1n) is 11.9. The lowest BCUT2D eigenvalue weighted by Crippen LogP contribution is -2.39. The fourth-order valence-electron chi connectivity index (χ4n) is 4.55. The van der Waals surface area contributed by atoms with Gasteiger partial charge in [0.1, 0.15) is 16.8 Å². The fraction of sp³-hybridized carbons (Fsp3) is 0.481. The van der Waals surface area contributed by atoms with E-state index in [1.54, 1.807) is 0 Å². The largest absolute Gasteiger partial charge is 0.240 e. The number of benzene rings is 1. The molecular weight excluding hydrogens is 470 g/mol. The molecule has 0 aliphatic heterocycles. The molecule has 0 fully saturated rings. The molecule has 4 nitrogen and oxygen atoms in total. The van der Waals surface area contributed by atoms with E-state index in [1.165, 1.54) is 16.3 Å². The van der Waals surface area contributed by atoms with E-state index in [9.17, 15) is 0 Å². The molecule has 0 saturated heterocycles. The van der Waals surface area contributed by atoms with Crippen molar-refractivity contribution in [3.63, 3.8) is 0 Å². The topological polar surface area (TPSA) is 51.6 Å². The summed E-state index contributed by atoms with van der Waals surface area (Å²) in [6.07, 6.45) is 8.26. The molecule has 34 heavy (non-hydrogen) atoms. The minimum Gasteiger partial charge on any atom is -0.240 e. The second-order valence-corrected chi connectivity index (χ2v) is 21.8. The molecule has 0 spiro atoms. The Bertz CT molecular complexity index is 1050. The summed E-state index contributed by atoms with van der Waals surface area (Å²) < 4.78 is 0. The third kappa shape index (κ3) is 5.81. The van der Waals surface area contributed by atoms with Gasteiger partial charge in [0, 0.05) is 24.8 Å². The number of hydrogen-bond donors (Lipinski definition) is 0. The maximum atomic E-state index is 4.72. The van der Waals surface area contributed by atoms with Crippen LogP contribution in [0.2, 0.25) is 19.6 Å². The van der Waals surface area contributed by atoms with Crippen LogP contribution in [0.4, 0.5) is 0 Å². The Labute approximate surface area is 210 Å². The van der Waals surface area contributed by atoms with Gasteiger partial charge in [0.2, 0.25) is 0 Å². The van der Waals surface area contributed by atoms with Crippen molar-refractivity contribution in [2.75, 3.05) is 0 Å². The lowest BCUT2D eigenvalue weighted by molar-refractivity contribution is 0.698. The molecular formula is C27H40N4P2Si. The van der Waals surface area contributed by atoms with E-state index in [0.717, 1.165) is 6.16 Å². The van der Waals surface area contributed by atoms with E-state index in [2.05, 4.69) is 88.6 Å². The third-order valence-electron chi connectivity index (χ3n) is 6.19. The number of aromatic nitrogens is 4. The quantitative estimate of drug-likeness (QED) is 0.278. The Morgan fingerprint density at radius 2 is 1.21 bits per heavy atom. The Balaban J connectivity index is 2.34. The average molecular weight is 511 g/mol. The van der Waals surface area contributed by atoms with Crippen LogP contribution in [-0.4, -0.2) is 38.3 Å². The molecule has 1 unspecified atom stereocenters. The lowest BCUT2D eigenvalue weighted by atomic mass is 9.91.